The molecular formula is C18H34N2S. The molecule has 0 bridgehead atoms. The second-order valence-corrected chi connectivity index (χ2v) is 8.17. The zero-order chi connectivity index (χ0) is 15.9. The van der Waals surface area contributed by atoms with Crippen molar-refractivity contribution in [3.8, 4) is 0 Å². The fourth-order valence-electron chi connectivity index (χ4n) is 2.97. The highest BCUT2D eigenvalue weighted by Gasteiger charge is 2.27. The molecule has 21 heavy (non-hydrogen) atoms. The van der Waals surface area contributed by atoms with Crippen molar-refractivity contribution in [2.45, 2.75) is 53.5 Å². The predicted molar refractivity (Wildman–Crippen MR) is 96.1 cm³/mol. The number of rotatable bonds is 10. The average Bonchev–Trinajstić information content (AvgIpc) is 2.91. The zero-order valence-electron chi connectivity index (χ0n) is 14.8. The topological polar surface area (TPSA) is 15.3 Å². The van der Waals surface area contributed by atoms with Crippen LogP contribution in [-0.4, -0.2) is 31.6 Å². The molecule has 2 unspecified atom stereocenters. The molecule has 2 nitrogen and oxygen atoms in total. The summed E-state index contributed by atoms with van der Waals surface area (Å²) in [5.74, 6) is 0.721. The van der Waals surface area contributed by atoms with Crippen molar-refractivity contribution in [3.63, 3.8) is 0 Å². The van der Waals surface area contributed by atoms with Crippen LogP contribution < -0.4 is 5.32 Å². The Bertz CT molecular complexity index is 375. The summed E-state index contributed by atoms with van der Waals surface area (Å²) in [7, 11) is 2.26. The van der Waals surface area contributed by atoms with E-state index in [2.05, 4.69) is 69.4 Å². The molecule has 0 amide bonds. The predicted octanol–water partition coefficient (Wildman–Crippen LogP) is 4.79. The Morgan fingerprint density at radius 2 is 2.05 bits per heavy atom. The zero-order valence-corrected chi connectivity index (χ0v) is 15.6. The molecule has 0 saturated heterocycles. The van der Waals surface area contributed by atoms with Crippen LogP contribution in [0, 0.1) is 11.3 Å². The highest BCUT2D eigenvalue weighted by Crippen LogP contribution is 2.29. The van der Waals surface area contributed by atoms with E-state index < -0.39 is 0 Å². The van der Waals surface area contributed by atoms with Crippen LogP contribution >= 0.6 is 11.3 Å². The van der Waals surface area contributed by atoms with Crippen molar-refractivity contribution in [2.24, 2.45) is 11.3 Å². The van der Waals surface area contributed by atoms with Gasteiger partial charge in [0, 0.05) is 24.0 Å². The molecule has 3 heteroatoms. The van der Waals surface area contributed by atoms with Crippen LogP contribution in [-0.2, 0) is 0 Å². The first kappa shape index (κ1) is 18.7. The molecule has 0 aliphatic rings. The fourth-order valence-corrected chi connectivity index (χ4v) is 3.82. The van der Waals surface area contributed by atoms with Gasteiger partial charge >= 0.3 is 0 Å². The molecule has 1 heterocycles. The largest absolute Gasteiger partial charge is 0.316 e. The van der Waals surface area contributed by atoms with E-state index in [1.807, 2.05) is 11.3 Å². The van der Waals surface area contributed by atoms with Gasteiger partial charge in [0.2, 0.25) is 0 Å². The highest BCUT2D eigenvalue weighted by molar-refractivity contribution is 7.10. The Balaban J connectivity index is 2.58. The Labute approximate surface area is 135 Å². The summed E-state index contributed by atoms with van der Waals surface area (Å²) in [6.45, 7) is 15.0. The normalized spacial score (nSPS) is 16.4. The number of hydrogen-bond donors (Lipinski definition) is 1. The lowest BCUT2D eigenvalue weighted by atomic mass is 9.84. The number of nitrogens with zero attached hydrogens (tertiary/aromatic N) is 1. The molecule has 0 spiro atoms. The smallest absolute Gasteiger partial charge is 0.0410 e. The summed E-state index contributed by atoms with van der Waals surface area (Å²) in [6.07, 6.45) is 2.53. The van der Waals surface area contributed by atoms with E-state index in [4.69, 9.17) is 0 Å². The maximum Gasteiger partial charge on any atom is 0.0410 e. The van der Waals surface area contributed by atoms with E-state index in [0.717, 1.165) is 25.6 Å². The summed E-state index contributed by atoms with van der Waals surface area (Å²) >= 11 is 1.86. The number of thiophene rings is 1. The lowest BCUT2D eigenvalue weighted by Gasteiger charge is -2.36. The molecule has 1 aromatic rings. The molecule has 0 aromatic carbocycles. The first-order valence-corrected chi connectivity index (χ1v) is 9.20. The summed E-state index contributed by atoms with van der Waals surface area (Å²) in [5, 5.41) is 5.84. The van der Waals surface area contributed by atoms with Crippen LogP contribution in [0.2, 0.25) is 0 Å². The van der Waals surface area contributed by atoms with Crippen LogP contribution in [0.15, 0.2) is 17.5 Å². The number of nitrogens with one attached hydrogen (secondary N) is 1. The Morgan fingerprint density at radius 1 is 1.33 bits per heavy atom. The third-order valence-electron chi connectivity index (χ3n) is 4.21. The minimum absolute atomic E-state index is 0.351. The van der Waals surface area contributed by atoms with Gasteiger partial charge in [0.15, 0.2) is 0 Å². The molecule has 1 N–H and O–H groups in total. The Hall–Kier alpha value is -0.380. The Kier molecular flexibility index (Phi) is 7.93. The van der Waals surface area contributed by atoms with E-state index in [0.29, 0.717) is 11.5 Å². The van der Waals surface area contributed by atoms with Crippen LogP contribution in [0.4, 0.5) is 0 Å². The quantitative estimate of drug-likeness (QED) is 0.668. The summed E-state index contributed by atoms with van der Waals surface area (Å²) < 4.78 is 0. The third-order valence-corrected chi connectivity index (χ3v) is 5.25. The van der Waals surface area contributed by atoms with E-state index in [1.165, 1.54) is 17.7 Å². The molecule has 0 aliphatic heterocycles. The van der Waals surface area contributed by atoms with Gasteiger partial charge in [-0.05, 0) is 49.7 Å². The number of hydrogen-bond acceptors (Lipinski definition) is 3. The van der Waals surface area contributed by atoms with Crippen molar-refractivity contribution in [2.75, 3.05) is 26.7 Å². The maximum absolute atomic E-state index is 3.67. The van der Waals surface area contributed by atoms with Crippen LogP contribution in [0.3, 0.4) is 0 Å². The molecule has 2 atom stereocenters. The average molecular weight is 311 g/mol. The third kappa shape index (κ3) is 6.50. The van der Waals surface area contributed by atoms with Gasteiger partial charge in [-0.25, -0.2) is 0 Å². The second-order valence-electron chi connectivity index (χ2n) is 7.19. The van der Waals surface area contributed by atoms with Crippen molar-refractivity contribution < 1.29 is 0 Å². The lowest BCUT2D eigenvalue weighted by molar-refractivity contribution is 0.142. The van der Waals surface area contributed by atoms with Crippen LogP contribution in [0.25, 0.3) is 0 Å². The first-order chi connectivity index (χ1) is 9.88. The fraction of sp³-hybridized carbons (Fsp3) is 0.778. The molecule has 0 radical (unpaired) electrons. The molecule has 1 rings (SSSR count). The van der Waals surface area contributed by atoms with E-state index in [1.54, 1.807) is 0 Å². The molecule has 0 fully saturated rings. The summed E-state index contributed by atoms with van der Waals surface area (Å²) in [4.78, 5) is 3.98. The van der Waals surface area contributed by atoms with Gasteiger partial charge in [-0.3, -0.25) is 4.90 Å². The van der Waals surface area contributed by atoms with E-state index in [-0.39, 0.29) is 0 Å². The van der Waals surface area contributed by atoms with Gasteiger partial charge in [0.1, 0.15) is 0 Å². The molecule has 0 aliphatic carbocycles. The lowest BCUT2D eigenvalue weighted by Crippen LogP contribution is -2.42. The van der Waals surface area contributed by atoms with E-state index in [9.17, 15) is 0 Å². The highest BCUT2D eigenvalue weighted by atomic mass is 32.1. The summed E-state index contributed by atoms with van der Waals surface area (Å²) in [6, 6.07) is 4.91. The minimum Gasteiger partial charge on any atom is -0.316 e. The van der Waals surface area contributed by atoms with Crippen molar-refractivity contribution in [3.05, 3.63) is 22.4 Å². The van der Waals surface area contributed by atoms with Gasteiger partial charge < -0.3 is 5.32 Å². The van der Waals surface area contributed by atoms with Gasteiger partial charge in [0.25, 0.3) is 0 Å². The van der Waals surface area contributed by atoms with Gasteiger partial charge in [-0.15, -0.1) is 11.3 Å². The molecular weight excluding hydrogens is 276 g/mol. The Morgan fingerprint density at radius 3 is 2.57 bits per heavy atom. The molecule has 0 saturated carbocycles. The second kappa shape index (κ2) is 8.92. The summed E-state index contributed by atoms with van der Waals surface area (Å²) in [5.41, 5.74) is 0.351. The van der Waals surface area contributed by atoms with Crippen LogP contribution in [0.1, 0.15) is 58.4 Å². The van der Waals surface area contributed by atoms with Gasteiger partial charge in [0.05, 0.1) is 0 Å². The molecule has 122 valence electrons. The monoisotopic (exact) mass is 310 g/mol. The van der Waals surface area contributed by atoms with Gasteiger partial charge in [-0.2, -0.15) is 0 Å². The van der Waals surface area contributed by atoms with Gasteiger partial charge in [-0.1, -0.05) is 40.2 Å². The SMILES string of the molecule is CCCC(C)(CNCC(C)C)CN(C)C(C)c1cccs1. The molecule has 1 aromatic heterocycles. The first-order valence-electron chi connectivity index (χ1n) is 8.32. The van der Waals surface area contributed by atoms with Crippen molar-refractivity contribution >= 4 is 11.3 Å². The van der Waals surface area contributed by atoms with Crippen molar-refractivity contribution in [1.29, 1.82) is 0 Å². The maximum atomic E-state index is 3.67. The van der Waals surface area contributed by atoms with Crippen LogP contribution in [0.5, 0.6) is 0 Å². The standard InChI is InChI=1S/C18H34N2S/c1-7-10-18(5,13-19-12-15(2)3)14-20(6)16(4)17-9-8-11-21-17/h8-9,11,15-16,19H,7,10,12-14H2,1-6H3. The van der Waals surface area contributed by atoms with E-state index >= 15 is 0 Å². The minimum atomic E-state index is 0.351. The van der Waals surface area contributed by atoms with Crippen molar-refractivity contribution in [1.82, 2.24) is 10.2 Å².